The molecule has 0 spiro atoms. The van der Waals surface area contributed by atoms with Crippen molar-refractivity contribution < 1.29 is 21.1 Å². The van der Waals surface area contributed by atoms with E-state index in [1.807, 2.05) is 82.3 Å². The van der Waals surface area contributed by atoms with Crippen LogP contribution in [0.1, 0.15) is 33.3 Å². The molecule has 98 valence electrons. The van der Waals surface area contributed by atoms with Gasteiger partial charge in [-0.1, -0.05) is 34.6 Å². The van der Waals surface area contributed by atoms with Crippen LogP contribution in [0.4, 0.5) is 0 Å². The molecule has 0 radical (unpaired) electrons. The maximum atomic E-state index is 2.93. The molecule has 2 rings (SSSR count). The van der Waals surface area contributed by atoms with E-state index in [4.69, 9.17) is 0 Å². The number of benzene rings is 2. The predicted molar refractivity (Wildman–Crippen MR) is 78.0 cm³/mol. The normalized spacial score (nSPS) is 6.72. The van der Waals surface area contributed by atoms with Crippen LogP contribution in [-0.2, 0) is 21.1 Å². The first kappa shape index (κ1) is 22.3. The van der Waals surface area contributed by atoms with Gasteiger partial charge in [-0.05, 0) is 0 Å². The van der Waals surface area contributed by atoms with E-state index in [2.05, 4.69) is 19.1 Å². The summed E-state index contributed by atoms with van der Waals surface area (Å²) in [4.78, 5) is 0. The van der Waals surface area contributed by atoms with Crippen molar-refractivity contribution in [3.8, 4) is 0 Å². The second-order valence-corrected chi connectivity index (χ2v) is 2.65. The van der Waals surface area contributed by atoms with Crippen LogP contribution in [0.25, 0.3) is 0 Å². The summed E-state index contributed by atoms with van der Waals surface area (Å²) in [5.41, 5.74) is 1.29. The minimum Gasteiger partial charge on any atom is -0.184 e. The Balaban J connectivity index is -0.000000189. The summed E-state index contributed by atoms with van der Waals surface area (Å²) in [5.74, 6) is 0. The zero-order valence-electron chi connectivity index (χ0n) is 12.1. The fraction of sp³-hybridized carbons (Fsp3) is 0.294. The summed E-state index contributed by atoms with van der Waals surface area (Å²) in [6.07, 6.45) is 0. The number of aryl methyl sites for hydroxylation is 1. The van der Waals surface area contributed by atoms with Crippen LogP contribution in [0.2, 0.25) is 0 Å². The van der Waals surface area contributed by atoms with Crippen LogP contribution in [0.15, 0.2) is 54.6 Å². The van der Waals surface area contributed by atoms with Gasteiger partial charge in [0.05, 0.1) is 0 Å². The van der Waals surface area contributed by atoms with E-state index in [-0.39, 0.29) is 21.1 Å². The molecule has 0 aliphatic heterocycles. The molecule has 0 aliphatic rings. The Morgan fingerprint density at radius 2 is 1.06 bits per heavy atom. The van der Waals surface area contributed by atoms with Crippen LogP contribution in [0.5, 0.6) is 0 Å². The number of hydrogen-bond donors (Lipinski definition) is 0. The molecule has 0 atom stereocenters. The van der Waals surface area contributed by atoms with E-state index in [1.165, 1.54) is 5.56 Å². The minimum atomic E-state index is 0. The quantitative estimate of drug-likeness (QED) is 0.513. The third kappa shape index (κ3) is 17.5. The van der Waals surface area contributed by atoms with Crippen LogP contribution < -0.4 is 0 Å². The molecule has 0 bridgehead atoms. The summed E-state index contributed by atoms with van der Waals surface area (Å²) >= 11 is 0. The zero-order chi connectivity index (χ0) is 13.4. The Kier molecular flexibility index (Phi) is 26.6. The van der Waals surface area contributed by atoms with Crippen molar-refractivity contribution in [2.24, 2.45) is 0 Å². The topological polar surface area (TPSA) is 0 Å². The van der Waals surface area contributed by atoms with Gasteiger partial charge in [0.15, 0.2) is 0 Å². The SMILES string of the molecule is CC.CC.Cc1cc[c-]cc1.[W+2].[c-]1ccccc1. The summed E-state index contributed by atoms with van der Waals surface area (Å²) in [6, 6.07) is 23.3. The van der Waals surface area contributed by atoms with Crippen molar-refractivity contribution in [1.29, 1.82) is 0 Å². The van der Waals surface area contributed by atoms with Gasteiger partial charge in [-0.3, -0.25) is 0 Å². The first-order valence-corrected chi connectivity index (χ1v) is 6.23. The Labute approximate surface area is 128 Å². The molecular weight excluding hydrogens is 388 g/mol. The van der Waals surface area contributed by atoms with Gasteiger partial charge in [-0.15, -0.1) is 0 Å². The van der Waals surface area contributed by atoms with Crippen molar-refractivity contribution in [1.82, 2.24) is 0 Å². The van der Waals surface area contributed by atoms with E-state index < -0.39 is 0 Å². The summed E-state index contributed by atoms with van der Waals surface area (Å²) in [5, 5.41) is 0. The van der Waals surface area contributed by atoms with E-state index in [0.717, 1.165) is 0 Å². The summed E-state index contributed by atoms with van der Waals surface area (Å²) in [6.45, 7) is 10.1. The van der Waals surface area contributed by atoms with Crippen LogP contribution >= 0.6 is 0 Å². The second-order valence-electron chi connectivity index (χ2n) is 2.65. The molecule has 0 amide bonds. The number of rotatable bonds is 0. The van der Waals surface area contributed by atoms with Gasteiger partial charge in [0.2, 0.25) is 0 Å². The zero-order valence-corrected chi connectivity index (χ0v) is 15.0. The molecule has 2 aromatic rings. The molecule has 18 heavy (non-hydrogen) atoms. The largest absolute Gasteiger partial charge is 2.00 e. The molecule has 1 heteroatoms. The third-order valence-corrected chi connectivity index (χ3v) is 1.49. The molecule has 0 saturated heterocycles. The molecule has 2 aromatic carbocycles. The van der Waals surface area contributed by atoms with Gasteiger partial charge in [-0.2, -0.15) is 72.3 Å². The Morgan fingerprint density at radius 3 is 1.22 bits per heavy atom. The average Bonchev–Trinajstić information content (AvgIpc) is 2.47. The van der Waals surface area contributed by atoms with Crippen molar-refractivity contribution in [3.63, 3.8) is 0 Å². The van der Waals surface area contributed by atoms with E-state index in [0.29, 0.717) is 0 Å². The fourth-order valence-corrected chi connectivity index (χ4v) is 0.812. The first-order chi connectivity index (χ1) is 8.39. The minimum absolute atomic E-state index is 0. The maximum absolute atomic E-state index is 2.93. The molecule has 0 aromatic heterocycles. The number of hydrogen-bond acceptors (Lipinski definition) is 0. The second kappa shape index (κ2) is 21.4. The standard InChI is InChI=1S/C7H7.C6H5.2C2H6.W/c1-7-5-3-2-4-6-7;1-2-4-6-5-3-1;2*1-2;/h3-6H,1H3;1-5H;2*1-2H3;/q2*-1;;;+2. The third-order valence-electron chi connectivity index (χ3n) is 1.49. The average molecular weight is 412 g/mol. The molecule has 0 saturated carbocycles. The van der Waals surface area contributed by atoms with Crippen molar-refractivity contribution >= 4 is 0 Å². The van der Waals surface area contributed by atoms with Crippen LogP contribution in [-0.4, -0.2) is 0 Å². The molecular formula is C17H24W. The Bertz CT molecular complexity index is 276. The van der Waals surface area contributed by atoms with Crippen molar-refractivity contribution in [3.05, 3.63) is 72.3 Å². The van der Waals surface area contributed by atoms with Crippen molar-refractivity contribution in [2.75, 3.05) is 0 Å². The smallest absolute Gasteiger partial charge is 0.184 e. The summed E-state index contributed by atoms with van der Waals surface area (Å²) in [7, 11) is 0. The van der Waals surface area contributed by atoms with Gasteiger partial charge in [0.1, 0.15) is 0 Å². The molecule has 0 nitrogen and oxygen atoms in total. The summed E-state index contributed by atoms with van der Waals surface area (Å²) < 4.78 is 0. The molecule has 0 unspecified atom stereocenters. The van der Waals surface area contributed by atoms with E-state index in [1.54, 1.807) is 0 Å². The molecule has 0 N–H and O–H groups in total. The monoisotopic (exact) mass is 412 g/mol. The van der Waals surface area contributed by atoms with Gasteiger partial charge < -0.3 is 0 Å². The van der Waals surface area contributed by atoms with Gasteiger partial charge >= 0.3 is 21.1 Å². The molecule has 0 fully saturated rings. The van der Waals surface area contributed by atoms with Gasteiger partial charge in [0.25, 0.3) is 0 Å². The van der Waals surface area contributed by atoms with E-state index >= 15 is 0 Å². The van der Waals surface area contributed by atoms with Gasteiger partial charge in [-0.25, -0.2) is 0 Å². The van der Waals surface area contributed by atoms with Gasteiger partial charge in [0, 0.05) is 0 Å². The van der Waals surface area contributed by atoms with Crippen LogP contribution in [0.3, 0.4) is 0 Å². The Morgan fingerprint density at radius 1 is 0.667 bits per heavy atom. The molecule has 0 aliphatic carbocycles. The first-order valence-electron chi connectivity index (χ1n) is 6.23. The Hall–Kier alpha value is -0.872. The predicted octanol–water partition coefficient (Wildman–Crippen LogP) is 5.33. The van der Waals surface area contributed by atoms with Crippen LogP contribution in [0, 0.1) is 19.1 Å². The van der Waals surface area contributed by atoms with Crippen molar-refractivity contribution in [2.45, 2.75) is 34.6 Å². The fourth-order valence-electron chi connectivity index (χ4n) is 0.812. The molecule has 0 heterocycles. The van der Waals surface area contributed by atoms with E-state index in [9.17, 15) is 0 Å². The maximum Gasteiger partial charge on any atom is 2.00 e.